The van der Waals surface area contributed by atoms with Crippen molar-refractivity contribution in [2.45, 2.75) is 59.0 Å². The highest BCUT2D eigenvalue weighted by Crippen LogP contribution is 2.37. The maximum absolute atomic E-state index is 14.0. The van der Waals surface area contributed by atoms with E-state index in [1.807, 2.05) is 0 Å². The van der Waals surface area contributed by atoms with Crippen LogP contribution in [0.15, 0.2) is 0 Å². The van der Waals surface area contributed by atoms with Gasteiger partial charge in [-0.1, -0.05) is 39.5 Å². The van der Waals surface area contributed by atoms with E-state index in [2.05, 4.69) is 32.6 Å². The van der Waals surface area contributed by atoms with Crippen molar-refractivity contribution in [2.24, 2.45) is 23.7 Å². The largest absolute Gasteiger partial charge is 0.246 e. The fourth-order valence-corrected chi connectivity index (χ4v) is 2.78. The number of rotatable bonds is 4. The van der Waals surface area contributed by atoms with Crippen LogP contribution in [0.3, 0.4) is 0 Å². The van der Waals surface area contributed by atoms with Crippen molar-refractivity contribution in [3.8, 4) is 17.9 Å². The summed E-state index contributed by atoms with van der Waals surface area (Å²) in [6.07, 6.45) is 4.09. The Kier molecular flexibility index (Phi) is 6.20. The second-order valence-corrected chi connectivity index (χ2v) is 6.03. The number of nitrogens with zero attached hydrogens (tertiary/aromatic N) is 1. The van der Waals surface area contributed by atoms with Crippen molar-refractivity contribution in [3.63, 3.8) is 0 Å². The molecule has 18 heavy (non-hydrogen) atoms. The van der Waals surface area contributed by atoms with E-state index in [4.69, 9.17) is 5.26 Å². The van der Waals surface area contributed by atoms with E-state index in [1.165, 1.54) is 12.8 Å². The summed E-state index contributed by atoms with van der Waals surface area (Å²) in [5, 5.41) is 8.40. The van der Waals surface area contributed by atoms with Gasteiger partial charge in [-0.2, -0.15) is 5.26 Å². The van der Waals surface area contributed by atoms with Crippen molar-refractivity contribution < 1.29 is 4.39 Å². The van der Waals surface area contributed by atoms with Gasteiger partial charge >= 0.3 is 0 Å². The van der Waals surface area contributed by atoms with Gasteiger partial charge in [0.2, 0.25) is 0 Å². The van der Waals surface area contributed by atoms with Crippen molar-refractivity contribution in [2.75, 3.05) is 0 Å². The molecule has 0 N–H and O–H groups in total. The van der Waals surface area contributed by atoms with Crippen LogP contribution in [0, 0.1) is 46.8 Å². The monoisotopic (exact) mass is 249 g/mol. The zero-order valence-corrected chi connectivity index (χ0v) is 11.7. The molecule has 1 aliphatic rings. The smallest absolute Gasteiger partial charge is 0.152 e. The molecule has 0 bridgehead atoms. The molecule has 100 valence electrons. The number of nitriles is 1. The molecule has 2 heteroatoms. The molecule has 0 spiro atoms. The van der Waals surface area contributed by atoms with Gasteiger partial charge in [0.15, 0.2) is 6.07 Å². The van der Waals surface area contributed by atoms with Crippen LogP contribution < -0.4 is 0 Å². The summed E-state index contributed by atoms with van der Waals surface area (Å²) in [5.74, 6) is 6.72. The normalized spacial score (nSPS) is 29.2. The SMILES string of the molecule is CC(C)CCC(C)C1CCC(C#CC#N)C(F)C1. The zero-order valence-electron chi connectivity index (χ0n) is 11.7. The quantitative estimate of drug-likeness (QED) is 0.680. The van der Waals surface area contributed by atoms with Crippen molar-refractivity contribution in [3.05, 3.63) is 0 Å². The second kappa shape index (κ2) is 7.42. The Morgan fingerprint density at radius 3 is 2.50 bits per heavy atom. The van der Waals surface area contributed by atoms with E-state index < -0.39 is 6.17 Å². The highest BCUT2D eigenvalue weighted by molar-refractivity contribution is 5.19. The summed E-state index contributed by atoms with van der Waals surface area (Å²) in [6.45, 7) is 6.72. The van der Waals surface area contributed by atoms with Gasteiger partial charge in [-0.15, -0.1) is 0 Å². The third-order valence-corrected chi connectivity index (χ3v) is 4.13. The summed E-state index contributed by atoms with van der Waals surface area (Å²) in [5.41, 5.74) is 0. The molecule has 0 aliphatic heterocycles. The van der Waals surface area contributed by atoms with Crippen LogP contribution in [0.4, 0.5) is 4.39 Å². The lowest BCUT2D eigenvalue weighted by Crippen LogP contribution is -2.28. The Morgan fingerprint density at radius 2 is 1.94 bits per heavy atom. The van der Waals surface area contributed by atoms with Crippen molar-refractivity contribution >= 4 is 0 Å². The Bertz CT molecular complexity index is 344. The van der Waals surface area contributed by atoms with Gasteiger partial charge in [-0.3, -0.25) is 0 Å². The van der Waals surface area contributed by atoms with Crippen molar-refractivity contribution in [1.29, 1.82) is 5.26 Å². The highest BCUT2D eigenvalue weighted by Gasteiger charge is 2.31. The van der Waals surface area contributed by atoms with Gasteiger partial charge in [0.25, 0.3) is 0 Å². The molecule has 4 atom stereocenters. The van der Waals surface area contributed by atoms with E-state index in [-0.39, 0.29) is 5.92 Å². The van der Waals surface area contributed by atoms with E-state index in [9.17, 15) is 4.39 Å². The Morgan fingerprint density at radius 1 is 1.22 bits per heavy atom. The fraction of sp³-hybridized carbons (Fsp3) is 0.812. The molecular formula is C16H24FN. The van der Waals surface area contributed by atoms with Gasteiger partial charge in [-0.25, -0.2) is 4.39 Å². The van der Waals surface area contributed by atoms with Gasteiger partial charge < -0.3 is 0 Å². The molecule has 0 saturated heterocycles. The maximum atomic E-state index is 14.0. The minimum Gasteiger partial charge on any atom is -0.246 e. The molecule has 1 aliphatic carbocycles. The molecule has 0 aromatic heterocycles. The molecular weight excluding hydrogens is 225 g/mol. The first kappa shape index (κ1) is 15.0. The van der Waals surface area contributed by atoms with Crippen LogP contribution in [0.2, 0.25) is 0 Å². The summed E-state index contributed by atoms with van der Waals surface area (Å²) in [4.78, 5) is 0. The second-order valence-electron chi connectivity index (χ2n) is 6.03. The van der Waals surface area contributed by atoms with Crippen LogP contribution in [-0.4, -0.2) is 6.17 Å². The van der Waals surface area contributed by atoms with Gasteiger partial charge in [0, 0.05) is 5.92 Å². The van der Waals surface area contributed by atoms with Crippen LogP contribution >= 0.6 is 0 Å². The molecule has 0 aromatic rings. The molecule has 0 radical (unpaired) electrons. The first-order valence-corrected chi connectivity index (χ1v) is 7.08. The third-order valence-electron chi connectivity index (χ3n) is 4.13. The first-order chi connectivity index (χ1) is 8.54. The predicted octanol–water partition coefficient (Wildman–Crippen LogP) is 4.34. The van der Waals surface area contributed by atoms with Crippen LogP contribution in [0.5, 0.6) is 0 Å². The van der Waals surface area contributed by atoms with E-state index in [0.29, 0.717) is 18.3 Å². The number of halogens is 1. The molecule has 1 nitrogen and oxygen atoms in total. The Labute approximate surface area is 111 Å². The standard InChI is InChI=1S/C16H24FN/c1-12(2)6-7-13(3)15-9-8-14(5-4-10-18)16(17)11-15/h12-16H,6-9,11H2,1-3H3. The summed E-state index contributed by atoms with van der Waals surface area (Å²) in [7, 11) is 0. The third kappa shape index (κ3) is 4.69. The number of hydrogen-bond acceptors (Lipinski definition) is 1. The van der Waals surface area contributed by atoms with Crippen LogP contribution in [0.25, 0.3) is 0 Å². The predicted molar refractivity (Wildman–Crippen MR) is 72.4 cm³/mol. The van der Waals surface area contributed by atoms with Gasteiger partial charge in [0.1, 0.15) is 6.17 Å². The van der Waals surface area contributed by atoms with Gasteiger partial charge in [0.05, 0.1) is 5.92 Å². The summed E-state index contributed by atoms with van der Waals surface area (Å²) >= 11 is 0. The average molecular weight is 249 g/mol. The number of hydrogen-bond donors (Lipinski definition) is 0. The minimum absolute atomic E-state index is 0.210. The summed E-state index contributed by atoms with van der Waals surface area (Å²) in [6, 6.07) is 1.77. The lowest BCUT2D eigenvalue weighted by atomic mass is 9.74. The fourth-order valence-electron chi connectivity index (χ4n) is 2.78. The molecule has 1 saturated carbocycles. The molecule has 1 rings (SSSR count). The van der Waals surface area contributed by atoms with E-state index in [0.717, 1.165) is 18.8 Å². The zero-order chi connectivity index (χ0) is 13.5. The van der Waals surface area contributed by atoms with Crippen molar-refractivity contribution in [1.82, 2.24) is 0 Å². The Hall–Kier alpha value is -1.02. The minimum atomic E-state index is -0.842. The Balaban J connectivity index is 2.43. The van der Waals surface area contributed by atoms with Crippen LogP contribution in [0.1, 0.15) is 52.9 Å². The van der Waals surface area contributed by atoms with E-state index in [1.54, 1.807) is 6.07 Å². The molecule has 0 heterocycles. The average Bonchev–Trinajstić information content (AvgIpc) is 2.34. The molecule has 0 amide bonds. The number of alkyl halides is 1. The molecule has 0 aromatic carbocycles. The van der Waals surface area contributed by atoms with Crippen LogP contribution in [-0.2, 0) is 0 Å². The maximum Gasteiger partial charge on any atom is 0.152 e. The summed E-state index contributed by atoms with van der Waals surface area (Å²) < 4.78 is 14.0. The lowest BCUT2D eigenvalue weighted by Gasteiger charge is -2.33. The first-order valence-electron chi connectivity index (χ1n) is 7.08. The molecule has 4 unspecified atom stereocenters. The lowest BCUT2D eigenvalue weighted by molar-refractivity contribution is 0.123. The van der Waals surface area contributed by atoms with Gasteiger partial charge in [-0.05, 0) is 37.0 Å². The topological polar surface area (TPSA) is 23.8 Å². The van der Waals surface area contributed by atoms with E-state index >= 15 is 0 Å². The molecule has 1 fully saturated rings. The highest BCUT2D eigenvalue weighted by atomic mass is 19.1.